The van der Waals surface area contributed by atoms with Gasteiger partial charge in [0, 0.05) is 17.0 Å². The molecule has 1 saturated carbocycles. The van der Waals surface area contributed by atoms with Crippen LogP contribution >= 0.6 is 11.8 Å². The minimum absolute atomic E-state index is 0.0473. The predicted molar refractivity (Wildman–Crippen MR) is 108 cm³/mol. The first-order chi connectivity index (χ1) is 12.7. The van der Waals surface area contributed by atoms with Crippen molar-refractivity contribution in [2.45, 2.75) is 69.2 Å². The highest BCUT2D eigenvalue weighted by Crippen LogP contribution is 2.66. The average Bonchev–Trinajstić information content (AvgIpc) is 2.96. The van der Waals surface area contributed by atoms with E-state index in [-0.39, 0.29) is 22.0 Å². The second-order valence-electron chi connectivity index (χ2n) is 8.59. The van der Waals surface area contributed by atoms with Crippen LogP contribution in [0.25, 0.3) is 0 Å². The van der Waals surface area contributed by atoms with E-state index in [0.717, 1.165) is 29.9 Å². The first kappa shape index (κ1) is 18.4. The van der Waals surface area contributed by atoms with Crippen LogP contribution in [0.1, 0.15) is 63.4 Å². The number of thioether (sulfide) groups is 1. The van der Waals surface area contributed by atoms with Gasteiger partial charge in [-0.15, -0.1) is 5.10 Å². The van der Waals surface area contributed by atoms with E-state index in [1.54, 1.807) is 0 Å². The molecule has 1 aromatic carbocycles. The summed E-state index contributed by atoms with van der Waals surface area (Å²) in [6, 6.07) is 7.80. The SMILES string of the molecule is Cc1ccc(NC(=O)[C@H](C)Sc2nnc3c(n2)[C@@]2(C)CC[C@H]3C2(C)C)cc1. The minimum atomic E-state index is -0.300. The van der Waals surface area contributed by atoms with E-state index in [1.165, 1.54) is 17.3 Å². The van der Waals surface area contributed by atoms with Crippen LogP contribution in [0.5, 0.6) is 0 Å². The Labute approximate surface area is 164 Å². The number of amides is 1. The zero-order valence-corrected chi connectivity index (χ0v) is 17.4. The van der Waals surface area contributed by atoms with Crippen molar-refractivity contribution in [2.75, 3.05) is 5.32 Å². The number of nitrogens with one attached hydrogen (secondary N) is 1. The summed E-state index contributed by atoms with van der Waals surface area (Å²) in [5, 5.41) is 12.1. The molecule has 2 aliphatic carbocycles. The zero-order valence-electron chi connectivity index (χ0n) is 16.5. The summed E-state index contributed by atoms with van der Waals surface area (Å²) in [6.45, 7) is 10.8. The second kappa shape index (κ2) is 6.30. The second-order valence-corrected chi connectivity index (χ2v) is 9.90. The van der Waals surface area contributed by atoms with Crippen LogP contribution in [-0.2, 0) is 10.2 Å². The first-order valence-electron chi connectivity index (χ1n) is 9.51. The van der Waals surface area contributed by atoms with Crippen LogP contribution in [-0.4, -0.2) is 26.3 Å². The van der Waals surface area contributed by atoms with Gasteiger partial charge in [0.1, 0.15) is 0 Å². The van der Waals surface area contributed by atoms with Gasteiger partial charge in [-0.25, -0.2) is 4.98 Å². The van der Waals surface area contributed by atoms with Gasteiger partial charge in [0.05, 0.1) is 16.6 Å². The lowest BCUT2D eigenvalue weighted by Gasteiger charge is -2.34. The Morgan fingerprint density at radius 3 is 2.63 bits per heavy atom. The number of hydrogen-bond donors (Lipinski definition) is 1. The van der Waals surface area contributed by atoms with Crippen molar-refractivity contribution in [3.05, 3.63) is 41.2 Å². The zero-order chi connectivity index (χ0) is 19.4. The number of aryl methyl sites for hydroxylation is 1. The first-order valence-corrected chi connectivity index (χ1v) is 10.4. The molecule has 2 aliphatic rings. The van der Waals surface area contributed by atoms with Gasteiger partial charge in [-0.05, 0) is 44.2 Å². The molecular weight excluding hydrogens is 356 g/mol. The molecule has 5 nitrogen and oxygen atoms in total. The molecular formula is C21H26N4OS. The number of nitrogens with zero attached hydrogens (tertiary/aromatic N) is 3. The quantitative estimate of drug-likeness (QED) is 0.790. The highest BCUT2D eigenvalue weighted by molar-refractivity contribution is 8.00. The largest absolute Gasteiger partial charge is 0.325 e. The third-order valence-electron chi connectivity index (χ3n) is 6.74. The van der Waals surface area contributed by atoms with Gasteiger partial charge in [0.15, 0.2) is 0 Å². The standard InChI is InChI=1S/C21H26N4OS/c1-12-6-8-14(9-7-12)22-18(26)13(2)27-19-23-17-16(24-25-19)15-10-11-21(17,5)20(15,3)4/h6-9,13,15H,10-11H2,1-5H3,(H,22,26)/t13-,15+,21+/m0/s1. The van der Waals surface area contributed by atoms with Crippen LogP contribution in [0.15, 0.2) is 29.4 Å². The molecule has 0 aliphatic heterocycles. The third-order valence-corrected chi connectivity index (χ3v) is 7.69. The number of fused-ring (bicyclic) bond motifs is 5. The van der Waals surface area contributed by atoms with Gasteiger partial charge in [0.25, 0.3) is 0 Å². The molecule has 4 rings (SSSR count). The number of carbonyl (C=O) groups is 1. The molecule has 0 unspecified atom stereocenters. The van der Waals surface area contributed by atoms with E-state index in [1.807, 2.05) is 38.1 Å². The van der Waals surface area contributed by atoms with Crippen molar-refractivity contribution in [1.29, 1.82) is 0 Å². The van der Waals surface area contributed by atoms with E-state index in [9.17, 15) is 4.79 Å². The molecule has 0 spiro atoms. The highest BCUT2D eigenvalue weighted by atomic mass is 32.2. The monoisotopic (exact) mass is 382 g/mol. The van der Waals surface area contributed by atoms with Crippen molar-refractivity contribution in [2.24, 2.45) is 5.41 Å². The molecule has 1 N–H and O–H groups in total. The Morgan fingerprint density at radius 2 is 1.93 bits per heavy atom. The van der Waals surface area contributed by atoms with E-state index < -0.39 is 0 Å². The highest BCUT2D eigenvalue weighted by Gasteiger charge is 2.61. The molecule has 142 valence electrons. The van der Waals surface area contributed by atoms with Gasteiger partial charge in [-0.1, -0.05) is 50.2 Å². The van der Waals surface area contributed by atoms with Crippen molar-refractivity contribution in [1.82, 2.24) is 15.2 Å². The van der Waals surface area contributed by atoms with Crippen LogP contribution in [0.4, 0.5) is 5.69 Å². The maximum atomic E-state index is 12.5. The number of carbonyl (C=O) groups excluding carboxylic acids is 1. The van der Waals surface area contributed by atoms with Crippen molar-refractivity contribution < 1.29 is 4.79 Å². The average molecular weight is 383 g/mol. The summed E-state index contributed by atoms with van der Waals surface area (Å²) in [5.74, 6) is 0.389. The number of aromatic nitrogens is 3. The van der Waals surface area contributed by atoms with Crippen LogP contribution in [0.2, 0.25) is 0 Å². The molecule has 2 bridgehead atoms. The Morgan fingerprint density at radius 1 is 1.22 bits per heavy atom. The summed E-state index contributed by atoms with van der Waals surface area (Å²) in [4.78, 5) is 17.4. The van der Waals surface area contributed by atoms with Crippen LogP contribution in [0.3, 0.4) is 0 Å². The smallest absolute Gasteiger partial charge is 0.237 e. The van der Waals surface area contributed by atoms with E-state index in [0.29, 0.717) is 11.1 Å². The Kier molecular flexibility index (Phi) is 4.29. The lowest BCUT2D eigenvalue weighted by Crippen LogP contribution is -2.32. The molecule has 2 aromatic rings. The fourth-order valence-electron chi connectivity index (χ4n) is 4.51. The maximum absolute atomic E-state index is 12.5. The van der Waals surface area contributed by atoms with Crippen molar-refractivity contribution in [3.63, 3.8) is 0 Å². The van der Waals surface area contributed by atoms with E-state index >= 15 is 0 Å². The van der Waals surface area contributed by atoms with Crippen molar-refractivity contribution >= 4 is 23.4 Å². The van der Waals surface area contributed by atoms with Crippen molar-refractivity contribution in [3.8, 4) is 0 Å². The van der Waals surface area contributed by atoms with Crippen LogP contribution in [0, 0.1) is 12.3 Å². The summed E-state index contributed by atoms with van der Waals surface area (Å²) in [7, 11) is 0. The summed E-state index contributed by atoms with van der Waals surface area (Å²) in [5.41, 5.74) is 4.33. The van der Waals surface area contributed by atoms with Gasteiger partial charge in [-0.3, -0.25) is 4.79 Å². The predicted octanol–water partition coefficient (Wildman–Crippen LogP) is 4.47. The number of benzene rings is 1. The van der Waals surface area contributed by atoms with Gasteiger partial charge in [0.2, 0.25) is 11.1 Å². The summed E-state index contributed by atoms with van der Waals surface area (Å²) >= 11 is 1.37. The fraction of sp³-hybridized carbons (Fsp3) is 0.524. The Balaban J connectivity index is 1.50. The number of hydrogen-bond acceptors (Lipinski definition) is 5. The molecule has 0 saturated heterocycles. The number of rotatable bonds is 4. The fourth-order valence-corrected chi connectivity index (χ4v) is 5.22. The number of anilines is 1. The normalized spacial score (nSPS) is 25.9. The molecule has 0 radical (unpaired) electrons. The molecule has 6 heteroatoms. The molecule has 3 atom stereocenters. The molecule has 1 fully saturated rings. The maximum Gasteiger partial charge on any atom is 0.237 e. The Hall–Kier alpha value is -1.95. The lowest BCUT2D eigenvalue weighted by molar-refractivity contribution is -0.115. The van der Waals surface area contributed by atoms with Gasteiger partial charge in [-0.2, -0.15) is 5.10 Å². The van der Waals surface area contributed by atoms with E-state index in [2.05, 4.69) is 36.3 Å². The third kappa shape index (κ3) is 2.85. The van der Waals surface area contributed by atoms with E-state index in [4.69, 9.17) is 4.98 Å². The Bertz CT molecular complexity index is 896. The summed E-state index contributed by atoms with van der Waals surface area (Å²) in [6.07, 6.45) is 2.30. The lowest BCUT2D eigenvalue weighted by atomic mass is 9.70. The van der Waals surface area contributed by atoms with Gasteiger partial charge >= 0.3 is 0 Å². The van der Waals surface area contributed by atoms with Crippen LogP contribution < -0.4 is 5.32 Å². The molecule has 27 heavy (non-hydrogen) atoms. The topological polar surface area (TPSA) is 67.8 Å². The molecule has 1 aromatic heterocycles. The minimum Gasteiger partial charge on any atom is -0.325 e. The molecule has 1 amide bonds. The summed E-state index contributed by atoms with van der Waals surface area (Å²) < 4.78 is 0. The van der Waals surface area contributed by atoms with Gasteiger partial charge < -0.3 is 5.32 Å². The molecule has 1 heterocycles.